The van der Waals surface area contributed by atoms with Gasteiger partial charge < -0.3 is 0 Å². The van der Waals surface area contributed by atoms with Crippen molar-refractivity contribution in [2.75, 3.05) is 0 Å². The van der Waals surface area contributed by atoms with Gasteiger partial charge in [0.05, 0.1) is 0 Å². The molecule has 0 unspecified atom stereocenters. The van der Waals surface area contributed by atoms with Gasteiger partial charge >= 0.3 is 186 Å². The second-order valence-electron chi connectivity index (χ2n) is 9.43. The Labute approximate surface area is 185 Å². The fourth-order valence-electron chi connectivity index (χ4n) is 6.50. The Morgan fingerprint density at radius 3 is 1.50 bits per heavy atom. The summed E-state index contributed by atoms with van der Waals surface area (Å²) >= 11 is 2.57. The fourth-order valence-corrected chi connectivity index (χ4v) is 27.0. The summed E-state index contributed by atoms with van der Waals surface area (Å²) in [6.45, 7) is 0. The maximum atomic E-state index is 2.80. The van der Waals surface area contributed by atoms with E-state index >= 15 is 0 Å². The predicted molar refractivity (Wildman–Crippen MR) is 127 cm³/mol. The zero-order chi connectivity index (χ0) is 19.1. The van der Waals surface area contributed by atoms with Crippen molar-refractivity contribution in [3.8, 4) is 0 Å². The molecule has 28 heavy (non-hydrogen) atoms. The molecule has 0 N–H and O–H groups in total. The molecule has 3 heteroatoms. The van der Waals surface area contributed by atoms with E-state index in [-0.39, 0.29) is 0 Å². The van der Waals surface area contributed by atoms with E-state index in [1.807, 2.05) is 0 Å². The third-order valence-corrected chi connectivity index (χ3v) is 26.0. The average molecular weight is 505 g/mol. The molecule has 0 amide bonds. The molecular formula is C25H40PRuS. The van der Waals surface area contributed by atoms with E-state index in [1.165, 1.54) is 41.1 Å². The predicted octanol–water partition coefficient (Wildman–Crippen LogP) is 8.28. The number of rotatable bonds is 6. The summed E-state index contributed by atoms with van der Waals surface area (Å²) in [6.07, 6.45) is 23.5. The third kappa shape index (κ3) is 5.21. The van der Waals surface area contributed by atoms with E-state index in [4.69, 9.17) is 0 Å². The fraction of sp³-hybridized carbons (Fsp3) is 0.720. The summed E-state index contributed by atoms with van der Waals surface area (Å²) in [4.78, 5) is 1.47. The summed E-state index contributed by atoms with van der Waals surface area (Å²) in [6, 6.07) is 11.2. The van der Waals surface area contributed by atoms with Crippen LogP contribution >= 0.6 is 17.4 Å². The van der Waals surface area contributed by atoms with Crippen molar-refractivity contribution in [1.29, 1.82) is 0 Å². The zero-order valence-electron chi connectivity index (χ0n) is 17.6. The number of hydrogen-bond acceptors (Lipinski definition) is 1. The molecule has 159 valence electrons. The SMILES string of the molecule is [CH](Sc1ccccc1)=[Ru][PH](C1CCCCC1)(C1CCCCC1)C1CCCCC1. The minimum absolute atomic E-state index is 0.476. The minimum atomic E-state index is -1.23. The van der Waals surface area contributed by atoms with Crippen molar-refractivity contribution < 1.29 is 16.2 Å². The van der Waals surface area contributed by atoms with Gasteiger partial charge in [0, 0.05) is 0 Å². The molecule has 1 aromatic carbocycles. The molecule has 0 bridgehead atoms. The first-order valence-electron chi connectivity index (χ1n) is 12.0. The maximum absolute atomic E-state index is 2.80. The summed E-state index contributed by atoms with van der Waals surface area (Å²) < 4.78 is 2.80. The Morgan fingerprint density at radius 1 is 0.643 bits per heavy atom. The van der Waals surface area contributed by atoms with Crippen molar-refractivity contribution in [3.05, 3.63) is 30.3 Å². The van der Waals surface area contributed by atoms with Gasteiger partial charge in [0.2, 0.25) is 0 Å². The van der Waals surface area contributed by atoms with E-state index in [0.717, 1.165) is 0 Å². The topological polar surface area (TPSA) is 0 Å². The molecule has 0 spiro atoms. The van der Waals surface area contributed by atoms with E-state index in [9.17, 15) is 0 Å². The molecule has 1 aromatic rings. The second-order valence-corrected chi connectivity index (χ2v) is 21.8. The average Bonchev–Trinajstić information content (AvgIpc) is 2.79. The van der Waals surface area contributed by atoms with Crippen LogP contribution in [0.4, 0.5) is 0 Å². The summed E-state index contributed by atoms with van der Waals surface area (Å²) in [5.41, 5.74) is 2.30. The van der Waals surface area contributed by atoms with Crippen molar-refractivity contribution >= 4 is 21.3 Å². The van der Waals surface area contributed by atoms with Gasteiger partial charge in [0.25, 0.3) is 0 Å². The Balaban J connectivity index is 1.65. The van der Waals surface area contributed by atoms with Gasteiger partial charge in [-0.05, 0) is 0 Å². The molecule has 0 radical (unpaired) electrons. The molecule has 3 fully saturated rings. The van der Waals surface area contributed by atoms with Gasteiger partial charge in [0.1, 0.15) is 0 Å². The zero-order valence-corrected chi connectivity index (χ0v) is 21.1. The molecule has 0 atom stereocenters. The van der Waals surface area contributed by atoms with E-state index in [2.05, 4.69) is 46.0 Å². The van der Waals surface area contributed by atoms with Gasteiger partial charge in [0.15, 0.2) is 0 Å². The summed E-state index contributed by atoms with van der Waals surface area (Å²) in [5.74, 6) is 0. The van der Waals surface area contributed by atoms with Crippen LogP contribution in [0.5, 0.6) is 0 Å². The van der Waals surface area contributed by atoms with Crippen LogP contribution in [0.25, 0.3) is 0 Å². The van der Waals surface area contributed by atoms with Gasteiger partial charge in [-0.3, -0.25) is 0 Å². The molecule has 4 rings (SSSR count). The third-order valence-electron chi connectivity index (χ3n) is 7.80. The first-order chi connectivity index (χ1) is 13.9. The molecule has 0 aliphatic heterocycles. The van der Waals surface area contributed by atoms with E-state index < -0.39 is 5.59 Å². The Morgan fingerprint density at radius 2 is 1.07 bits per heavy atom. The van der Waals surface area contributed by atoms with Crippen molar-refractivity contribution in [2.24, 2.45) is 0 Å². The standard InChI is InChI=1S/C18H33P.C7H6S.Ru/c1-4-10-16(11-5-1)19(17-12-6-2-7-13-17)18-14-8-3-9-15-18;1-8-7-5-3-2-4-6-7;/h16-18H,1-15H2;1-6H;/q;;-1/p+1. The Hall–Kier alpha value is 0.493. The van der Waals surface area contributed by atoms with Crippen LogP contribution in [-0.2, 0) is 16.2 Å². The molecule has 0 nitrogen and oxygen atoms in total. The molecule has 3 aliphatic rings. The van der Waals surface area contributed by atoms with Gasteiger partial charge in [-0.25, -0.2) is 0 Å². The number of thioether (sulfide) groups is 1. The Kier molecular flexibility index (Phi) is 8.69. The molecule has 3 aliphatic carbocycles. The van der Waals surface area contributed by atoms with Gasteiger partial charge in [-0.1, -0.05) is 0 Å². The van der Waals surface area contributed by atoms with Crippen molar-refractivity contribution in [2.45, 2.75) is 118 Å². The molecule has 0 aromatic heterocycles. The van der Waals surface area contributed by atoms with Crippen LogP contribution < -0.4 is 0 Å². The van der Waals surface area contributed by atoms with E-state index in [1.54, 1.807) is 77.0 Å². The molecule has 0 heterocycles. The quantitative estimate of drug-likeness (QED) is 0.213. The van der Waals surface area contributed by atoms with Crippen LogP contribution in [0.1, 0.15) is 96.3 Å². The van der Waals surface area contributed by atoms with Crippen LogP contribution in [0.2, 0.25) is 0 Å². The van der Waals surface area contributed by atoms with Crippen LogP contribution in [0, 0.1) is 0 Å². The molecule has 3 saturated carbocycles. The molecular weight excluding hydrogens is 464 g/mol. The first kappa shape index (κ1) is 21.7. The van der Waals surface area contributed by atoms with Gasteiger partial charge in [-0.15, -0.1) is 0 Å². The first-order valence-corrected chi connectivity index (χ1v) is 18.6. The van der Waals surface area contributed by atoms with Crippen molar-refractivity contribution in [1.82, 2.24) is 0 Å². The number of hydrogen-bond donors (Lipinski definition) is 0. The van der Waals surface area contributed by atoms with Crippen molar-refractivity contribution in [3.63, 3.8) is 0 Å². The second kappa shape index (κ2) is 11.2. The molecule has 0 saturated heterocycles. The summed E-state index contributed by atoms with van der Waals surface area (Å²) in [7, 11) is 0. The summed E-state index contributed by atoms with van der Waals surface area (Å²) in [5, 5.41) is 0. The normalized spacial score (nSPS) is 24.9. The van der Waals surface area contributed by atoms with E-state index in [0.29, 0.717) is 16.2 Å². The van der Waals surface area contributed by atoms with Crippen LogP contribution in [0.15, 0.2) is 35.2 Å². The van der Waals surface area contributed by atoms with Crippen LogP contribution in [-0.4, -0.2) is 20.9 Å². The Bertz CT molecular complexity index is 553. The van der Waals surface area contributed by atoms with Crippen LogP contribution in [0.3, 0.4) is 0 Å². The van der Waals surface area contributed by atoms with Gasteiger partial charge in [-0.2, -0.15) is 0 Å². The number of benzene rings is 1. The monoisotopic (exact) mass is 505 g/mol.